The molecule has 0 saturated carbocycles. The molecule has 0 radical (unpaired) electrons. The molecule has 0 fully saturated rings. The fraction of sp³-hybridized carbons (Fsp3) is 0.923. The van der Waals surface area contributed by atoms with E-state index in [9.17, 15) is 4.79 Å². The summed E-state index contributed by atoms with van der Waals surface area (Å²) in [4.78, 5) is 10.4. The van der Waals surface area contributed by atoms with Crippen LogP contribution in [0.3, 0.4) is 0 Å². The summed E-state index contributed by atoms with van der Waals surface area (Å²) in [6.45, 7) is 11.9. The van der Waals surface area contributed by atoms with E-state index in [1.54, 1.807) is 0 Å². The van der Waals surface area contributed by atoms with Gasteiger partial charge in [0.2, 0.25) is 5.91 Å². The number of nitrogens with one attached hydrogen (secondary N) is 2. The van der Waals surface area contributed by atoms with Crippen molar-refractivity contribution in [2.45, 2.75) is 57.9 Å². The number of amides is 1. The van der Waals surface area contributed by atoms with E-state index in [4.69, 9.17) is 4.74 Å². The Balaban J connectivity index is 3.97. The van der Waals surface area contributed by atoms with Crippen molar-refractivity contribution < 1.29 is 9.53 Å². The minimum Gasteiger partial charge on any atom is -0.372 e. The highest BCUT2D eigenvalue weighted by molar-refractivity contribution is 7.81. The van der Waals surface area contributed by atoms with Gasteiger partial charge in [0.25, 0.3) is 0 Å². The Labute approximate surface area is 117 Å². The summed E-state index contributed by atoms with van der Waals surface area (Å²) in [5, 5.41) is 6.10. The standard InChI is InChI=1S/C13H28N2O2S/c1-6-8-14-9-7-12(3,4)17-10-13(5,18)15-11(2)16/h14,18H,6-10H2,1-5H3,(H,15,16). The van der Waals surface area contributed by atoms with Crippen LogP contribution in [-0.4, -0.2) is 36.1 Å². The van der Waals surface area contributed by atoms with E-state index in [2.05, 4.69) is 44.0 Å². The van der Waals surface area contributed by atoms with E-state index >= 15 is 0 Å². The molecule has 5 heteroatoms. The SMILES string of the molecule is CCCNCCC(C)(C)OCC(C)(S)NC(C)=O. The van der Waals surface area contributed by atoms with Crippen LogP contribution in [0.4, 0.5) is 0 Å². The average Bonchev–Trinajstić information content (AvgIpc) is 2.20. The van der Waals surface area contributed by atoms with Crippen LogP contribution in [0.2, 0.25) is 0 Å². The van der Waals surface area contributed by atoms with Crippen LogP contribution in [0.25, 0.3) is 0 Å². The summed E-state index contributed by atoms with van der Waals surface area (Å²) < 4.78 is 5.84. The van der Waals surface area contributed by atoms with Gasteiger partial charge in [-0.2, -0.15) is 0 Å². The molecule has 0 aromatic carbocycles. The lowest BCUT2D eigenvalue weighted by Crippen LogP contribution is -2.46. The zero-order valence-electron chi connectivity index (χ0n) is 12.3. The predicted molar refractivity (Wildman–Crippen MR) is 79.0 cm³/mol. The van der Waals surface area contributed by atoms with Crippen molar-refractivity contribution in [1.29, 1.82) is 0 Å². The van der Waals surface area contributed by atoms with Crippen molar-refractivity contribution in [2.75, 3.05) is 19.7 Å². The normalized spacial score (nSPS) is 15.2. The van der Waals surface area contributed by atoms with Gasteiger partial charge in [0.15, 0.2) is 0 Å². The molecule has 1 unspecified atom stereocenters. The fourth-order valence-electron chi connectivity index (χ4n) is 1.51. The molecule has 0 saturated heterocycles. The average molecular weight is 276 g/mol. The lowest BCUT2D eigenvalue weighted by molar-refractivity contribution is -0.121. The first-order valence-electron chi connectivity index (χ1n) is 6.54. The van der Waals surface area contributed by atoms with E-state index in [1.807, 2.05) is 6.92 Å². The zero-order valence-corrected chi connectivity index (χ0v) is 13.2. The second kappa shape index (κ2) is 8.02. The largest absolute Gasteiger partial charge is 0.372 e. The summed E-state index contributed by atoms with van der Waals surface area (Å²) in [6, 6.07) is 0. The van der Waals surface area contributed by atoms with Crippen LogP contribution in [-0.2, 0) is 9.53 Å². The van der Waals surface area contributed by atoms with Crippen molar-refractivity contribution in [2.24, 2.45) is 0 Å². The molecule has 0 aromatic heterocycles. The maximum Gasteiger partial charge on any atom is 0.218 e. The highest BCUT2D eigenvalue weighted by atomic mass is 32.1. The monoisotopic (exact) mass is 276 g/mol. The first-order valence-corrected chi connectivity index (χ1v) is 6.99. The highest BCUT2D eigenvalue weighted by Crippen LogP contribution is 2.18. The van der Waals surface area contributed by atoms with Crippen molar-refractivity contribution >= 4 is 18.5 Å². The highest BCUT2D eigenvalue weighted by Gasteiger charge is 2.25. The molecular weight excluding hydrogens is 248 g/mol. The maximum atomic E-state index is 11.0. The molecule has 18 heavy (non-hydrogen) atoms. The predicted octanol–water partition coefficient (Wildman–Crippen LogP) is 1.95. The third kappa shape index (κ3) is 9.74. The Bertz CT molecular complexity index is 255. The molecule has 0 aliphatic carbocycles. The first-order chi connectivity index (χ1) is 8.18. The van der Waals surface area contributed by atoms with Gasteiger partial charge in [-0.25, -0.2) is 0 Å². The number of thiol groups is 1. The van der Waals surface area contributed by atoms with Gasteiger partial charge < -0.3 is 15.4 Å². The van der Waals surface area contributed by atoms with Crippen molar-refractivity contribution in [3.8, 4) is 0 Å². The van der Waals surface area contributed by atoms with Gasteiger partial charge >= 0.3 is 0 Å². The minimum absolute atomic E-state index is 0.0986. The third-order valence-electron chi connectivity index (χ3n) is 2.52. The van der Waals surface area contributed by atoms with Gasteiger partial charge in [0.1, 0.15) is 4.87 Å². The van der Waals surface area contributed by atoms with E-state index in [-0.39, 0.29) is 11.5 Å². The molecule has 108 valence electrons. The third-order valence-corrected chi connectivity index (χ3v) is 2.76. The first kappa shape index (κ1) is 17.7. The van der Waals surface area contributed by atoms with Crippen LogP contribution in [0, 0.1) is 0 Å². The van der Waals surface area contributed by atoms with Gasteiger partial charge in [-0.1, -0.05) is 6.92 Å². The molecule has 0 bridgehead atoms. The Morgan fingerprint density at radius 2 is 1.89 bits per heavy atom. The number of carbonyl (C=O) groups excluding carboxylic acids is 1. The molecule has 0 heterocycles. The summed E-state index contributed by atoms with van der Waals surface area (Å²) in [5.41, 5.74) is -0.219. The fourth-order valence-corrected chi connectivity index (χ4v) is 1.74. The second-order valence-corrected chi connectivity index (χ2v) is 6.49. The van der Waals surface area contributed by atoms with Crippen LogP contribution in [0.15, 0.2) is 0 Å². The molecule has 4 nitrogen and oxygen atoms in total. The van der Waals surface area contributed by atoms with Gasteiger partial charge in [-0.05, 0) is 46.7 Å². The molecule has 0 aromatic rings. The number of rotatable bonds is 9. The Kier molecular flexibility index (Phi) is 7.90. The quantitative estimate of drug-likeness (QED) is 0.343. The molecule has 0 aliphatic heterocycles. The topological polar surface area (TPSA) is 50.4 Å². The van der Waals surface area contributed by atoms with Gasteiger partial charge in [0.05, 0.1) is 12.2 Å². The molecular formula is C13H28N2O2S. The van der Waals surface area contributed by atoms with E-state index < -0.39 is 4.87 Å². The van der Waals surface area contributed by atoms with Crippen LogP contribution in [0.5, 0.6) is 0 Å². The summed E-state index contributed by atoms with van der Waals surface area (Å²) >= 11 is 4.39. The smallest absolute Gasteiger partial charge is 0.218 e. The lowest BCUT2D eigenvalue weighted by Gasteiger charge is -2.31. The summed E-state index contributed by atoms with van der Waals surface area (Å²) in [6.07, 6.45) is 2.06. The minimum atomic E-state index is -0.625. The van der Waals surface area contributed by atoms with Gasteiger partial charge in [-0.3, -0.25) is 4.79 Å². The van der Waals surface area contributed by atoms with Crippen molar-refractivity contribution in [3.63, 3.8) is 0 Å². The lowest BCUT2D eigenvalue weighted by atomic mass is 10.1. The van der Waals surface area contributed by atoms with Crippen LogP contribution >= 0.6 is 12.6 Å². The van der Waals surface area contributed by atoms with Crippen molar-refractivity contribution in [3.05, 3.63) is 0 Å². The zero-order chi connectivity index (χ0) is 14.2. The maximum absolute atomic E-state index is 11.0. The Morgan fingerprint density at radius 1 is 1.28 bits per heavy atom. The van der Waals surface area contributed by atoms with E-state index in [0.717, 1.165) is 25.9 Å². The number of ether oxygens (including phenoxy) is 1. The van der Waals surface area contributed by atoms with Gasteiger partial charge in [0, 0.05) is 6.92 Å². The Morgan fingerprint density at radius 3 is 2.39 bits per heavy atom. The Hall–Kier alpha value is -0.260. The summed E-state index contributed by atoms with van der Waals surface area (Å²) in [5.74, 6) is -0.0986. The number of hydrogen-bond donors (Lipinski definition) is 3. The molecule has 1 amide bonds. The molecule has 0 aliphatic rings. The molecule has 0 spiro atoms. The van der Waals surface area contributed by atoms with E-state index in [0.29, 0.717) is 6.61 Å². The molecule has 1 atom stereocenters. The second-order valence-electron chi connectivity index (χ2n) is 5.50. The molecule has 2 N–H and O–H groups in total. The number of carbonyl (C=O) groups is 1. The van der Waals surface area contributed by atoms with Crippen molar-refractivity contribution in [1.82, 2.24) is 10.6 Å². The number of hydrogen-bond acceptors (Lipinski definition) is 4. The van der Waals surface area contributed by atoms with Gasteiger partial charge in [-0.15, -0.1) is 12.6 Å². The van der Waals surface area contributed by atoms with Crippen LogP contribution < -0.4 is 10.6 Å². The van der Waals surface area contributed by atoms with Crippen LogP contribution in [0.1, 0.15) is 47.5 Å². The van der Waals surface area contributed by atoms with E-state index in [1.165, 1.54) is 6.92 Å². The summed E-state index contributed by atoms with van der Waals surface area (Å²) in [7, 11) is 0. The molecule has 0 rings (SSSR count).